The van der Waals surface area contributed by atoms with Gasteiger partial charge in [-0.2, -0.15) is 0 Å². The Morgan fingerprint density at radius 1 is 0.647 bits per heavy atom. The van der Waals surface area contributed by atoms with Crippen molar-refractivity contribution in [2.75, 3.05) is 13.2 Å². The number of esters is 2. The fraction of sp³-hybridized carbons (Fsp3) is 0.676. The van der Waals surface area contributed by atoms with Gasteiger partial charge in [-0.1, -0.05) is 107 Å². The van der Waals surface area contributed by atoms with Crippen LogP contribution in [0.2, 0.25) is 0 Å². The molecular formula is C37H61O13P. The summed E-state index contributed by atoms with van der Waals surface area (Å²) < 4.78 is 33.0. The van der Waals surface area contributed by atoms with E-state index < -0.39 is 75.7 Å². The van der Waals surface area contributed by atoms with E-state index in [4.69, 9.17) is 18.5 Å². The van der Waals surface area contributed by atoms with Gasteiger partial charge in [0.1, 0.15) is 43.2 Å². The molecule has 1 rings (SSSR count). The number of unbranched alkanes of at least 4 members (excludes halogenated alkanes) is 6. The van der Waals surface area contributed by atoms with Gasteiger partial charge in [0, 0.05) is 6.42 Å². The molecular weight excluding hydrogens is 683 g/mol. The van der Waals surface area contributed by atoms with Crippen LogP contribution in [0.5, 0.6) is 0 Å². The maximum absolute atomic E-state index is 12.7. The topological polar surface area (TPSA) is 210 Å². The number of allylic oxidation sites excluding steroid dienone is 9. The molecule has 0 bridgehead atoms. The number of phosphoric acid groups is 1. The minimum Gasteiger partial charge on any atom is -0.461 e. The second-order valence-corrected chi connectivity index (χ2v) is 13.8. The molecule has 7 unspecified atom stereocenters. The van der Waals surface area contributed by atoms with Crippen molar-refractivity contribution in [2.24, 2.45) is 0 Å². The highest BCUT2D eigenvalue weighted by atomic mass is 31.2. The maximum Gasteiger partial charge on any atom is 0.472 e. The molecule has 0 aromatic rings. The van der Waals surface area contributed by atoms with Crippen LogP contribution in [-0.4, -0.2) is 98.3 Å². The van der Waals surface area contributed by atoms with Crippen molar-refractivity contribution < 1.29 is 63.1 Å². The monoisotopic (exact) mass is 744 g/mol. The van der Waals surface area contributed by atoms with Crippen LogP contribution in [0.3, 0.4) is 0 Å². The number of aliphatic hydroxyl groups excluding tert-OH is 5. The molecule has 1 aliphatic carbocycles. The number of ether oxygens (including phenoxy) is 2. The Hall–Kier alpha value is -2.45. The molecule has 1 saturated carbocycles. The first kappa shape index (κ1) is 46.6. The number of aliphatic hydroxyl groups is 5. The van der Waals surface area contributed by atoms with E-state index in [-0.39, 0.29) is 12.8 Å². The molecule has 0 aromatic carbocycles. The summed E-state index contributed by atoms with van der Waals surface area (Å²) in [5.41, 5.74) is 0. The molecule has 0 aliphatic heterocycles. The Morgan fingerprint density at radius 3 is 1.80 bits per heavy atom. The quantitative estimate of drug-likeness (QED) is 0.0282. The van der Waals surface area contributed by atoms with Crippen molar-refractivity contribution in [1.82, 2.24) is 0 Å². The highest BCUT2D eigenvalue weighted by Crippen LogP contribution is 2.47. The van der Waals surface area contributed by atoms with Crippen LogP contribution in [0.15, 0.2) is 60.8 Å². The lowest BCUT2D eigenvalue weighted by Crippen LogP contribution is -2.64. The lowest BCUT2D eigenvalue weighted by molar-refractivity contribution is -0.220. The minimum atomic E-state index is -5.14. The second-order valence-electron chi connectivity index (χ2n) is 12.4. The molecule has 1 fully saturated rings. The van der Waals surface area contributed by atoms with Gasteiger partial charge in [-0.15, -0.1) is 0 Å². The third-order valence-electron chi connectivity index (χ3n) is 7.89. The van der Waals surface area contributed by atoms with E-state index in [9.17, 15) is 44.6 Å². The maximum atomic E-state index is 12.7. The van der Waals surface area contributed by atoms with Crippen molar-refractivity contribution in [3.8, 4) is 0 Å². The molecule has 0 spiro atoms. The predicted molar refractivity (Wildman–Crippen MR) is 193 cm³/mol. The summed E-state index contributed by atoms with van der Waals surface area (Å²) in [6.07, 6.45) is 18.0. The molecule has 0 radical (unpaired) electrons. The van der Waals surface area contributed by atoms with Crippen molar-refractivity contribution in [2.45, 2.75) is 146 Å². The van der Waals surface area contributed by atoms with Gasteiger partial charge in [-0.05, 0) is 44.9 Å². The van der Waals surface area contributed by atoms with Gasteiger partial charge in [-0.25, -0.2) is 4.57 Å². The highest BCUT2D eigenvalue weighted by molar-refractivity contribution is 7.47. The lowest BCUT2D eigenvalue weighted by atomic mass is 9.85. The van der Waals surface area contributed by atoms with Crippen molar-refractivity contribution >= 4 is 19.8 Å². The van der Waals surface area contributed by atoms with Crippen LogP contribution in [-0.2, 0) is 32.7 Å². The Morgan fingerprint density at radius 2 is 1.18 bits per heavy atom. The molecule has 0 saturated heterocycles. The first-order chi connectivity index (χ1) is 24.4. The molecule has 8 atom stereocenters. The highest BCUT2D eigenvalue weighted by Gasteiger charge is 2.51. The summed E-state index contributed by atoms with van der Waals surface area (Å²) in [6, 6.07) is 0. The van der Waals surface area contributed by atoms with E-state index in [1.165, 1.54) is 38.5 Å². The number of phosphoric ester groups is 1. The Bertz CT molecular complexity index is 1140. The molecule has 14 heteroatoms. The fourth-order valence-corrected chi connectivity index (χ4v) is 5.90. The summed E-state index contributed by atoms with van der Waals surface area (Å²) >= 11 is 0. The first-order valence-corrected chi connectivity index (χ1v) is 19.6. The van der Waals surface area contributed by atoms with Gasteiger partial charge in [-0.3, -0.25) is 18.6 Å². The van der Waals surface area contributed by atoms with E-state index in [1.54, 1.807) is 12.2 Å². The zero-order chi connectivity index (χ0) is 37.9. The number of carbonyl (C=O) groups excluding carboxylic acids is 2. The van der Waals surface area contributed by atoms with Gasteiger partial charge in [0.15, 0.2) is 6.10 Å². The van der Waals surface area contributed by atoms with E-state index in [2.05, 4.69) is 38.2 Å². The first-order valence-electron chi connectivity index (χ1n) is 18.1. The predicted octanol–water partition coefficient (Wildman–Crippen LogP) is 5.04. The summed E-state index contributed by atoms with van der Waals surface area (Å²) in [7, 11) is -5.14. The van der Waals surface area contributed by atoms with E-state index >= 15 is 0 Å². The van der Waals surface area contributed by atoms with Gasteiger partial charge in [0.2, 0.25) is 0 Å². The smallest absolute Gasteiger partial charge is 0.461 e. The molecule has 1 aliphatic rings. The Kier molecular flexibility index (Phi) is 25.7. The molecule has 6 N–H and O–H groups in total. The second kappa shape index (κ2) is 28.1. The normalized spacial score (nSPS) is 24.6. The van der Waals surface area contributed by atoms with Crippen LogP contribution in [0, 0.1) is 0 Å². The van der Waals surface area contributed by atoms with Gasteiger partial charge in [0.25, 0.3) is 0 Å². The van der Waals surface area contributed by atoms with Gasteiger partial charge < -0.3 is 39.9 Å². The minimum absolute atomic E-state index is 0.0290. The third kappa shape index (κ3) is 21.6. The molecule has 0 aromatic heterocycles. The average molecular weight is 745 g/mol. The van der Waals surface area contributed by atoms with Crippen molar-refractivity contribution in [3.63, 3.8) is 0 Å². The van der Waals surface area contributed by atoms with Crippen molar-refractivity contribution in [3.05, 3.63) is 60.8 Å². The van der Waals surface area contributed by atoms with E-state index in [1.807, 2.05) is 24.3 Å². The zero-order valence-electron chi connectivity index (χ0n) is 30.1. The lowest BCUT2D eigenvalue weighted by Gasteiger charge is -2.41. The molecule has 292 valence electrons. The molecule has 13 nitrogen and oxygen atoms in total. The van der Waals surface area contributed by atoms with Gasteiger partial charge >= 0.3 is 19.8 Å². The van der Waals surface area contributed by atoms with Crippen LogP contribution in [0.1, 0.15) is 104 Å². The Labute approximate surface area is 303 Å². The number of hydrogen-bond donors (Lipinski definition) is 6. The Balaban J connectivity index is 2.67. The molecule has 0 heterocycles. The van der Waals surface area contributed by atoms with Crippen LogP contribution in [0.25, 0.3) is 0 Å². The number of hydrogen-bond acceptors (Lipinski definition) is 12. The third-order valence-corrected chi connectivity index (χ3v) is 8.87. The fourth-order valence-electron chi connectivity index (χ4n) is 4.93. The summed E-state index contributed by atoms with van der Waals surface area (Å²) in [4.78, 5) is 35.2. The van der Waals surface area contributed by atoms with E-state index in [0.29, 0.717) is 12.8 Å². The molecule has 0 amide bonds. The SMILES string of the molecule is CC/C=C/C/C=C/C/C=C/CC(=O)OCC(COP(=O)(O)OC1C(O)C(O)C(O)[C@@H](O)C1O)OC(=O)CC/C=C/C/C=C/CCCCCCCC. The number of rotatable bonds is 27. The average Bonchev–Trinajstić information content (AvgIpc) is 3.10. The molecule has 51 heavy (non-hydrogen) atoms. The zero-order valence-corrected chi connectivity index (χ0v) is 31.0. The summed E-state index contributed by atoms with van der Waals surface area (Å²) in [5, 5.41) is 49.8. The van der Waals surface area contributed by atoms with Gasteiger partial charge in [0.05, 0.1) is 13.0 Å². The van der Waals surface area contributed by atoms with Crippen molar-refractivity contribution in [1.29, 1.82) is 0 Å². The van der Waals surface area contributed by atoms with Crippen LogP contribution < -0.4 is 0 Å². The van der Waals surface area contributed by atoms with Crippen LogP contribution >= 0.6 is 7.82 Å². The van der Waals surface area contributed by atoms with Crippen LogP contribution in [0.4, 0.5) is 0 Å². The standard InChI is InChI=1S/C37H61O13P/c1-3-5-7-9-11-13-14-15-16-18-20-22-24-26-31(39)49-29(27-47-30(38)25-23-21-19-17-12-10-8-6-4-2)28-48-51(45,46)50-37-35(43)33(41)32(40)34(42)36(37)44/h6,8,12,15-17,20-23,29,32-37,40-44H,3-5,7,9-11,13-14,18-19,24-28H2,1-2H3,(H,45,46)/b8-6+,16-15+,17-12+,22-20+,23-21+/t29?,32?,33-,34?,35?,36?,37?/m1/s1. The largest absolute Gasteiger partial charge is 0.472 e. The number of carbonyl (C=O) groups is 2. The summed E-state index contributed by atoms with van der Waals surface area (Å²) in [6.45, 7) is 2.96. The van der Waals surface area contributed by atoms with E-state index in [0.717, 1.165) is 25.7 Å². The summed E-state index contributed by atoms with van der Waals surface area (Å²) in [5.74, 6) is -1.33.